The van der Waals surface area contributed by atoms with Crippen LogP contribution in [0.25, 0.3) is 0 Å². The quantitative estimate of drug-likeness (QED) is 0.886. The van der Waals surface area contributed by atoms with E-state index in [9.17, 15) is 4.79 Å². The molecule has 4 nitrogen and oxygen atoms in total. The number of carbonyl (C=O) groups is 1. The highest BCUT2D eigenvalue weighted by molar-refractivity contribution is 9.10. The van der Waals surface area contributed by atoms with Crippen molar-refractivity contribution in [2.75, 3.05) is 18.9 Å². The van der Waals surface area contributed by atoms with E-state index in [0.717, 1.165) is 40.9 Å². The lowest BCUT2D eigenvalue weighted by molar-refractivity contribution is 0.102. The number of fused-ring (bicyclic) bond motifs is 1. The minimum Gasteiger partial charge on any atom is -0.320 e. The number of hydrogen-bond acceptors (Lipinski definition) is 4. The molecule has 0 spiro atoms. The van der Waals surface area contributed by atoms with Crippen LogP contribution in [0.3, 0.4) is 0 Å². The van der Waals surface area contributed by atoms with Crippen molar-refractivity contribution in [1.82, 2.24) is 9.88 Å². The molecule has 6 heteroatoms. The van der Waals surface area contributed by atoms with Gasteiger partial charge in [0, 0.05) is 34.5 Å². The van der Waals surface area contributed by atoms with Crippen molar-refractivity contribution >= 4 is 38.9 Å². The Morgan fingerprint density at radius 3 is 3.10 bits per heavy atom. The number of rotatable bonds is 2. The van der Waals surface area contributed by atoms with Crippen LogP contribution in [-0.2, 0) is 13.0 Å². The van der Waals surface area contributed by atoms with Crippen molar-refractivity contribution < 1.29 is 4.79 Å². The van der Waals surface area contributed by atoms with Crippen molar-refractivity contribution in [3.63, 3.8) is 0 Å². The summed E-state index contributed by atoms with van der Waals surface area (Å²) in [5.74, 6) is -0.127. The first-order valence-electron chi connectivity index (χ1n) is 6.78. The van der Waals surface area contributed by atoms with Crippen molar-refractivity contribution in [2.45, 2.75) is 19.9 Å². The SMILES string of the molecule is Cc1c(Br)cccc1NC(=O)c1nc2c(s1)CN(C)CC2. The average Bonchev–Trinajstić information content (AvgIpc) is 2.87. The summed E-state index contributed by atoms with van der Waals surface area (Å²) in [6.07, 6.45) is 0.922. The number of likely N-dealkylation sites (N-methyl/N-ethyl adjacent to an activating group) is 1. The number of thiazole rings is 1. The van der Waals surface area contributed by atoms with Crippen LogP contribution in [0.1, 0.15) is 25.9 Å². The Morgan fingerprint density at radius 2 is 2.29 bits per heavy atom. The van der Waals surface area contributed by atoms with Crippen molar-refractivity contribution in [1.29, 1.82) is 0 Å². The Hall–Kier alpha value is -1.24. The van der Waals surface area contributed by atoms with Crippen molar-refractivity contribution in [3.05, 3.63) is 43.8 Å². The number of amides is 1. The van der Waals surface area contributed by atoms with Crippen LogP contribution in [0.15, 0.2) is 22.7 Å². The summed E-state index contributed by atoms with van der Waals surface area (Å²) in [5, 5.41) is 3.50. The first-order valence-corrected chi connectivity index (χ1v) is 8.39. The second-order valence-electron chi connectivity index (χ2n) is 5.24. The third-order valence-electron chi connectivity index (χ3n) is 3.63. The van der Waals surface area contributed by atoms with E-state index in [1.54, 1.807) is 0 Å². The normalized spacial score (nSPS) is 14.8. The molecule has 2 aromatic rings. The molecule has 21 heavy (non-hydrogen) atoms. The van der Waals surface area contributed by atoms with E-state index in [0.29, 0.717) is 5.01 Å². The minimum atomic E-state index is -0.127. The predicted molar refractivity (Wildman–Crippen MR) is 89.0 cm³/mol. The van der Waals surface area contributed by atoms with Crippen LogP contribution in [0.2, 0.25) is 0 Å². The molecular formula is C15H16BrN3OS. The van der Waals surface area contributed by atoms with Gasteiger partial charge in [-0.15, -0.1) is 11.3 Å². The van der Waals surface area contributed by atoms with Gasteiger partial charge >= 0.3 is 0 Å². The molecule has 1 N–H and O–H groups in total. The van der Waals surface area contributed by atoms with Gasteiger partial charge in [-0.1, -0.05) is 22.0 Å². The second kappa shape index (κ2) is 5.87. The fourth-order valence-electron chi connectivity index (χ4n) is 2.34. The van der Waals surface area contributed by atoms with E-state index in [-0.39, 0.29) is 5.91 Å². The smallest absolute Gasteiger partial charge is 0.284 e. The molecule has 110 valence electrons. The Morgan fingerprint density at radius 1 is 1.48 bits per heavy atom. The van der Waals surface area contributed by atoms with E-state index in [4.69, 9.17) is 0 Å². The monoisotopic (exact) mass is 365 g/mol. The van der Waals surface area contributed by atoms with E-state index in [1.165, 1.54) is 16.2 Å². The maximum atomic E-state index is 12.4. The third-order valence-corrected chi connectivity index (χ3v) is 5.57. The molecular weight excluding hydrogens is 350 g/mol. The van der Waals surface area contributed by atoms with Gasteiger partial charge in [0.1, 0.15) is 0 Å². The molecule has 1 amide bonds. The lowest BCUT2D eigenvalue weighted by atomic mass is 10.2. The fourth-order valence-corrected chi connectivity index (χ4v) is 3.79. The van der Waals surface area contributed by atoms with E-state index in [1.807, 2.05) is 25.1 Å². The van der Waals surface area contributed by atoms with Gasteiger partial charge in [0.2, 0.25) is 0 Å². The van der Waals surface area contributed by atoms with Gasteiger partial charge in [0.05, 0.1) is 5.69 Å². The number of nitrogens with zero attached hydrogens (tertiary/aromatic N) is 2. The molecule has 0 saturated carbocycles. The first kappa shape index (κ1) is 14.7. The van der Waals surface area contributed by atoms with Gasteiger partial charge in [-0.25, -0.2) is 4.98 Å². The molecule has 0 radical (unpaired) electrons. The average molecular weight is 366 g/mol. The number of carbonyl (C=O) groups excluding carboxylic acids is 1. The highest BCUT2D eigenvalue weighted by atomic mass is 79.9. The van der Waals surface area contributed by atoms with E-state index < -0.39 is 0 Å². The molecule has 1 aliphatic heterocycles. The summed E-state index contributed by atoms with van der Waals surface area (Å²) >= 11 is 4.98. The standard InChI is InChI=1S/C15H16BrN3OS/c1-9-10(16)4-3-5-11(9)17-14(20)15-18-12-6-7-19(2)8-13(12)21-15/h3-5H,6-8H2,1-2H3,(H,17,20). The summed E-state index contributed by atoms with van der Waals surface area (Å²) in [7, 11) is 2.09. The fraction of sp³-hybridized carbons (Fsp3) is 0.333. The summed E-state index contributed by atoms with van der Waals surface area (Å²) < 4.78 is 0.986. The van der Waals surface area contributed by atoms with Gasteiger partial charge < -0.3 is 10.2 Å². The topological polar surface area (TPSA) is 45.2 Å². The number of anilines is 1. The van der Waals surface area contributed by atoms with Gasteiger partial charge in [0.25, 0.3) is 5.91 Å². The number of nitrogens with one attached hydrogen (secondary N) is 1. The minimum absolute atomic E-state index is 0.127. The number of halogens is 1. The summed E-state index contributed by atoms with van der Waals surface area (Å²) in [6, 6.07) is 5.77. The van der Waals surface area contributed by atoms with Crippen molar-refractivity contribution in [3.8, 4) is 0 Å². The van der Waals surface area contributed by atoms with Gasteiger partial charge in [-0.2, -0.15) is 0 Å². The second-order valence-corrected chi connectivity index (χ2v) is 7.18. The van der Waals surface area contributed by atoms with Crippen LogP contribution in [0.4, 0.5) is 5.69 Å². The molecule has 1 aromatic heterocycles. The molecule has 0 fully saturated rings. The van der Waals surface area contributed by atoms with Gasteiger partial charge in [-0.05, 0) is 31.7 Å². The molecule has 1 aliphatic rings. The Balaban J connectivity index is 1.81. The van der Waals surface area contributed by atoms with E-state index >= 15 is 0 Å². The largest absolute Gasteiger partial charge is 0.320 e. The van der Waals surface area contributed by atoms with Crippen molar-refractivity contribution in [2.24, 2.45) is 0 Å². The van der Waals surface area contributed by atoms with Crippen LogP contribution in [-0.4, -0.2) is 29.4 Å². The molecule has 0 bridgehead atoms. The molecule has 0 aliphatic carbocycles. The highest BCUT2D eigenvalue weighted by Gasteiger charge is 2.21. The lowest BCUT2D eigenvalue weighted by Crippen LogP contribution is -2.25. The number of aromatic nitrogens is 1. The Kier molecular flexibility index (Phi) is 4.10. The maximum absolute atomic E-state index is 12.4. The molecule has 3 rings (SSSR count). The van der Waals surface area contributed by atoms with Gasteiger partial charge in [-0.3, -0.25) is 4.79 Å². The van der Waals surface area contributed by atoms with Crippen LogP contribution < -0.4 is 5.32 Å². The molecule has 2 heterocycles. The molecule has 0 saturated heterocycles. The van der Waals surface area contributed by atoms with Crippen LogP contribution in [0.5, 0.6) is 0 Å². The predicted octanol–water partition coefficient (Wildman–Crippen LogP) is 3.45. The Labute approximate surface area is 136 Å². The summed E-state index contributed by atoms with van der Waals surface area (Å²) in [5.41, 5.74) is 2.92. The lowest BCUT2D eigenvalue weighted by Gasteiger charge is -2.20. The third kappa shape index (κ3) is 3.02. The molecule has 1 aromatic carbocycles. The number of benzene rings is 1. The number of hydrogen-bond donors (Lipinski definition) is 1. The molecule has 0 atom stereocenters. The maximum Gasteiger partial charge on any atom is 0.284 e. The zero-order valence-electron chi connectivity index (χ0n) is 11.9. The zero-order chi connectivity index (χ0) is 15.0. The van der Waals surface area contributed by atoms with Crippen LogP contribution in [0, 0.1) is 6.92 Å². The van der Waals surface area contributed by atoms with E-state index in [2.05, 4.69) is 38.2 Å². The zero-order valence-corrected chi connectivity index (χ0v) is 14.3. The summed E-state index contributed by atoms with van der Waals surface area (Å²) in [4.78, 5) is 20.3. The summed E-state index contributed by atoms with van der Waals surface area (Å²) in [6.45, 7) is 3.86. The molecule has 0 unspecified atom stereocenters. The first-order chi connectivity index (χ1) is 10.0. The Bertz CT molecular complexity index is 698. The van der Waals surface area contributed by atoms with Crippen LogP contribution >= 0.6 is 27.3 Å². The van der Waals surface area contributed by atoms with Gasteiger partial charge in [0.15, 0.2) is 5.01 Å². The highest BCUT2D eigenvalue weighted by Crippen LogP contribution is 2.27.